The summed E-state index contributed by atoms with van der Waals surface area (Å²) in [6, 6.07) is 5.55. The number of hydrogen-bond acceptors (Lipinski definition) is 5. The minimum atomic E-state index is -3.40. The maximum Gasteiger partial charge on any atom is 0.279 e. The molecular weight excluding hydrogens is 380 g/mol. The second-order valence-corrected chi connectivity index (χ2v) is 9.22. The van der Waals surface area contributed by atoms with Crippen molar-refractivity contribution in [2.24, 2.45) is 0 Å². The van der Waals surface area contributed by atoms with Crippen LogP contribution in [0.15, 0.2) is 18.2 Å². The molecule has 1 N–H and O–H groups in total. The third kappa shape index (κ3) is 5.30. The van der Waals surface area contributed by atoms with Gasteiger partial charge in [-0.05, 0) is 50.7 Å². The Balaban J connectivity index is 1.53. The molecule has 2 aliphatic rings. The molecular formula is C20H32N2O5S. The molecule has 1 heterocycles. The second-order valence-electron chi connectivity index (χ2n) is 7.52. The highest BCUT2D eigenvalue weighted by Gasteiger charge is 2.30. The molecule has 0 aromatic heterocycles. The molecule has 1 aromatic rings. The molecule has 0 bridgehead atoms. The summed E-state index contributed by atoms with van der Waals surface area (Å²) >= 11 is 0. The van der Waals surface area contributed by atoms with Gasteiger partial charge in [-0.25, -0.2) is 0 Å². The van der Waals surface area contributed by atoms with Gasteiger partial charge in [-0.1, -0.05) is 18.9 Å². The van der Waals surface area contributed by atoms with Gasteiger partial charge in [-0.2, -0.15) is 17.4 Å². The normalized spacial score (nSPS) is 24.4. The summed E-state index contributed by atoms with van der Waals surface area (Å²) in [7, 11) is -0.199. The number of nitrogens with one attached hydrogen (secondary N) is 1. The van der Waals surface area contributed by atoms with Gasteiger partial charge in [0.15, 0.2) is 11.5 Å². The van der Waals surface area contributed by atoms with Crippen molar-refractivity contribution in [3.8, 4) is 17.2 Å². The van der Waals surface area contributed by atoms with Gasteiger partial charge in [0.1, 0.15) is 0 Å². The fourth-order valence-corrected chi connectivity index (χ4v) is 5.54. The van der Waals surface area contributed by atoms with Crippen LogP contribution >= 0.6 is 0 Å². The van der Waals surface area contributed by atoms with E-state index in [-0.39, 0.29) is 12.1 Å². The third-order valence-electron chi connectivity index (χ3n) is 5.56. The molecule has 0 spiro atoms. The molecule has 0 atom stereocenters. The maximum absolute atomic E-state index is 12.7. The van der Waals surface area contributed by atoms with E-state index in [9.17, 15) is 8.42 Å². The first-order valence-electron chi connectivity index (χ1n) is 10.2. The fourth-order valence-electron chi connectivity index (χ4n) is 4.00. The van der Waals surface area contributed by atoms with Crippen LogP contribution in [0.1, 0.15) is 51.4 Å². The molecule has 2 fully saturated rings. The van der Waals surface area contributed by atoms with Crippen LogP contribution in [0, 0.1) is 0 Å². The number of hydrogen-bond donors (Lipinski definition) is 1. The van der Waals surface area contributed by atoms with E-state index in [0.29, 0.717) is 30.3 Å². The smallest absolute Gasteiger partial charge is 0.279 e. The van der Waals surface area contributed by atoms with Crippen LogP contribution in [0.3, 0.4) is 0 Å². The van der Waals surface area contributed by atoms with Gasteiger partial charge in [0.25, 0.3) is 10.2 Å². The molecule has 7 nitrogen and oxygen atoms in total. The lowest BCUT2D eigenvalue weighted by Gasteiger charge is -2.31. The van der Waals surface area contributed by atoms with Crippen LogP contribution in [-0.4, -0.2) is 52.2 Å². The van der Waals surface area contributed by atoms with Crippen molar-refractivity contribution in [3.63, 3.8) is 0 Å². The molecule has 0 amide bonds. The van der Waals surface area contributed by atoms with Crippen molar-refractivity contribution < 1.29 is 22.6 Å². The van der Waals surface area contributed by atoms with Crippen molar-refractivity contribution in [2.75, 3.05) is 27.3 Å². The monoisotopic (exact) mass is 412 g/mol. The second kappa shape index (κ2) is 9.80. The van der Waals surface area contributed by atoms with Crippen LogP contribution in [0.2, 0.25) is 0 Å². The Labute approximate surface area is 168 Å². The zero-order valence-electron chi connectivity index (χ0n) is 16.9. The summed E-state index contributed by atoms with van der Waals surface area (Å²) in [4.78, 5) is 0. The molecule has 1 saturated carbocycles. The van der Waals surface area contributed by atoms with Gasteiger partial charge in [0.05, 0.1) is 20.3 Å². The number of methoxy groups -OCH3 is 2. The van der Waals surface area contributed by atoms with E-state index < -0.39 is 10.2 Å². The lowest BCUT2D eigenvalue weighted by Crippen LogP contribution is -2.47. The van der Waals surface area contributed by atoms with E-state index in [1.807, 2.05) is 18.2 Å². The van der Waals surface area contributed by atoms with Crippen LogP contribution < -0.4 is 18.9 Å². The van der Waals surface area contributed by atoms with E-state index in [2.05, 4.69) is 4.72 Å². The number of benzene rings is 1. The van der Waals surface area contributed by atoms with Crippen molar-refractivity contribution >= 4 is 10.2 Å². The highest BCUT2D eigenvalue weighted by atomic mass is 32.2. The standard InChI is InChI=1S/C20H32N2O5S/c1-25-18-8-7-9-19(20(18)26-2)27-17-12-10-16(11-13-17)21-28(23,24)22-14-5-3-4-6-15-22/h7-9,16-17,21H,3-6,10-15H2,1-2H3. The zero-order chi connectivity index (χ0) is 20.0. The molecule has 1 aliphatic heterocycles. The van der Waals surface area contributed by atoms with Crippen molar-refractivity contribution in [2.45, 2.75) is 63.5 Å². The predicted octanol–water partition coefficient (Wildman–Crippen LogP) is 3.10. The van der Waals surface area contributed by atoms with E-state index in [1.54, 1.807) is 18.5 Å². The summed E-state index contributed by atoms with van der Waals surface area (Å²) in [5, 5.41) is 0. The Morgan fingerprint density at radius 2 is 1.57 bits per heavy atom. The molecule has 3 rings (SSSR count). The summed E-state index contributed by atoms with van der Waals surface area (Å²) < 4.78 is 46.8. The highest BCUT2D eigenvalue weighted by molar-refractivity contribution is 7.87. The van der Waals surface area contributed by atoms with Gasteiger partial charge in [0, 0.05) is 19.1 Å². The van der Waals surface area contributed by atoms with E-state index in [4.69, 9.17) is 14.2 Å². The zero-order valence-corrected chi connectivity index (χ0v) is 17.7. The largest absolute Gasteiger partial charge is 0.493 e. The average Bonchev–Trinajstić information content (AvgIpc) is 2.99. The van der Waals surface area contributed by atoms with Crippen molar-refractivity contribution in [1.82, 2.24) is 9.03 Å². The van der Waals surface area contributed by atoms with Crippen LogP contribution in [0.4, 0.5) is 0 Å². The van der Waals surface area contributed by atoms with Crippen LogP contribution in [0.25, 0.3) is 0 Å². The molecule has 0 radical (unpaired) electrons. The summed E-state index contributed by atoms with van der Waals surface area (Å²) in [5.74, 6) is 1.89. The van der Waals surface area contributed by atoms with Gasteiger partial charge < -0.3 is 14.2 Å². The fraction of sp³-hybridized carbons (Fsp3) is 0.700. The average molecular weight is 413 g/mol. The summed E-state index contributed by atoms with van der Waals surface area (Å²) in [6.45, 7) is 1.26. The lowest BCUT2D eigenvalue weighted by atomic mass is 9.93. The van der Waals surface area contributed by atoms with Gasteiger partial charge in [-0.3, -0.25) is 0 Å². The SMILES string of the molecule is COc1cccc(OC2CCC(NS(=O)(=O)N3CCCCCC3)CC2)c1OC. The Hall–Kier alpha value is -1.51. The number of rotatable bonds is 7. The predicted molar refractivity (Wildman–Crippen MR) is 108 cm³/mol. The summed E-state index contributed by atoms with van der Waals surface area (Å²) in [5.41, 5.74) is 0. The van der Waals surface area contributed by atoms with Crippen molar-refractivity contribution in [1.29, 1.82) is 0 Å². The molecule has 8 heteroatoms. The number of para-hydroxylation sites is 1. The third-order valence-corrected chi connectivity index (χ3v) is 7.23. The minimum absolute atomic E-state index is 0.0275. The number of ether oxygens (including phenoxy) is 3. The topological polar surface area (TPSA) is 77.1 Å². The first kappa shape index (κ1) is 21.2. The minimum Gasteiger partial charge on any atom is -0.493 e. The molecule has 1 saturated heterocycles. The van der Waals surface area contributed by atoms with E-state index >= 15 is 0 Å². The lowest BCUT2D eigenvalue weighted by molar-refractivity contribution is 0.138. The van der Waals surface area contributed by atoms with Gasteiger partial charge in [-0.15, -0.1) is 0 Å². The molecule has 1 aromatic carbocycles. The van der Waals surface area contributed by atoms with Crippen LogP contribution in [-0.2, 0) is 10.2 Å². The van der Waals surface area contributed by atoms with Gasteiger partial charge in [0.2, 0.25) is 5.75 Å². The quantitative estimate of drug-likeness (QED) is 0.745. The molecule has 158 valence electrons. The number of nitrogens with zero attached hydrogens (tertiary/aromatic N) is 1. The van der Waals surface area contributed by atoms with Crippen molar-refractivity contribution in [3.05, 3.63) is 18.2 Å². The molecule has 0 unspecified atom stereocenters. The highest BCUT2D eigenvalue weighted by Crippen LogP contribution is 2.38. The first-order chi connectivity index (χ1) is 13.5. The Morgan fingerprint density at radius 1 is 0.929 bits per heavy atom. The Bertz CT molecular complexity index is 724. The van der Waals surface area contributed by atoms with E-state index in [1.165, 1.54) is 0 Å². The maximum atomic E-state index is 12.7. The molecule has 1 aliphatic carbocycles. The Kier molecular flexibility index (Phi) is 7.42. The molecule has 28 heavy (non-hydrogen) atoms. The van der Waals surface area contributed by atoms with E-state index in [0.717, 1.165) is 51.4 Å². The Morgan fingerprint density at radius 3 is 2.18 bits per heavy atom. The first-order valence-corrected chi connectivity index (χ1v) is 11.6. The van der Waals surface area contributed by atoms with Gasteiger partial charge >= 0.3 is 0 Å². The van der Waals surface area contributed by atoms with Crippen LogP contribution in [0.5, 0.6) is 17.2 Å². The summed E-state index contributed by atoms with van der Waals surface area (Å²) in [6.07, 6.45) is 7.30.